The number of nitrogen functional groups attached to an aromatic ring is 1. The Balaban J connectivity index is 2.00. The number of benzene rings is 1. The van der Waals surface area contributed by atoms with Gasteiger partial charge in [0.1, 0.15) is 10.8 Å². The Labute approximate surface area is 127 Å². The van der Waals surface area contributed by atoms with Crippen molar-refractivity contribution >= 4 is 29.0 Å². The van der Waals surface area contributed by atoms with Gasteiger partial charge in [-0.3, -0.25) is 9.78 Å². The van der Waals surface area contributed by atoms with Gasteiger partial charge in [-0.1, -0.05) is 11.8 Å². The average Bonchev–Trinajstić information content (AvgIpc) is 2.50. The van der Waals surface area contributed by atoms with Gasteiger partial charge in [0.25, 0.3) is 0 Å². The smallest absolute Gasteiger partial charge is 0.237 e. The van der Waals surface area contributed by atoms with Crippen molar-refractivity contribution in [2.75, 3.05) is 18.2 Å². The molecule has 2 aromatic rings. The van der Waals surface area contributed by atoms with E-state index in [9.17, 15) is 4.79 Å². The third-order valence-corrected chi connectivity index (χ3v) is 3.74. The van der Waals surface area contributed by atoms with Gasteiger partial charge in [0.05, 0.1) is 29.9 Å². The Morgan fingerprint density at radius 3 is 2.86 bits per heavy atom. The average molecular weight is 304 g/mol. The minimum Gasteiger partial charge on any atom is -0.497 e. The molecule has 1 atom stereocenters. The molecule has 1 aromatic heterocycles. The lowest BCUT2D eigenvalue weighted by atomic mass is 10.2. The summed E-state index contributed by atoms with van der Waals surface area (Å²) in [6.07, 6.45) is 4.80. The van der Waals surface area contributed by atoms with Crippen LogP contribution in [0.2, 0.25) is 0 Å². The molecule has 0 aliphatic heterocycles. The number of methoxy groups -OCH3 is 1. The van der Waals surface area contributed by atoms with Crippen LogP contribution in [0.25, 0.3) is 0 Å². The van der Waals surface area contributed by atoms with Gasteiger partial charge in [0.15, 0.2) is 0 Å². The minimum absolute atomic E-state index is 0.150. The monoisotopic (exact) mass is 304 g/mol. The summed E-state index contributed by atoms with van der Waals surface area (Å²) >= 11 is 1.33. The summed E-state index contributed by atoms with van der Waals surface area (Å²) < 4.78 is 5.07. The van der Waals surface area contributed by atoms with Gasteiger partial charge < -0.3 is 15.8 Å². The molecule has 0 radical (unpaired) electrons. The second-order valence-corrected chi connectivity index (χ2v) is 5.61. The van der Waals surface area contributed by atoms with Crippen molar-refractivity contribution in [2.45, 2.75) is 17.2 Å². The Bertz CT molecular complexity index is 622. The van der Waals surface area contributed by atoms with Gasteiger partial charge in [-0.05, 0) is 19.1 Å². The number of hydrogen-bond donors (Lipinski definition) is 2. The first-order valence-corrected chi connectivity index (χ1v) is 7.15. The highest BCUT2D eigenvalue weighted by Crippen LogP contribution is 2.26. The number of carbonyl (C=O) groups is 1. The fourth-order valence-electron chi connectivity index (χ4n) is 1.60. The first-order valence-electron chi connectivity index (χ1n) is 6.27. The quantitative estimate of drug-likeness (QED) is 0.650. The Hall–Kier alpha value is -2.28. The van der Waals surface area contributed by atoms with Crippen LogP contribution < -0.4 is 15.8 Å². The third kappa shape index (κ3) is 4.09. The molecule has 0 spiro atoms. The van der Waals surface area contributed by atoms with Gasteiger partial charge in [-0.15, -0.1) is 0 Å². The van der Waals surface area contributed by atoms with Crippen LogP contribution in [0.5, 0.6) is 5.75 Å². The molecular weight excluding hydrogens is 288 g/mol. The highest BCUT2D eigenvalue weighted by molar-refractivity contribution is 8.00. The van der Waals surface area contributed by atoms with Crippen LogP contribution in [-0.4, -0.2) is 28.2 Å². The molecule has 0 saturated heterocycles. The molecule has 0 aliphatic rings. The predicted molar refractivity (Wildman–Crippen MR) is 83.4 cm³/mol. The van der Waals surface area contributed by atoms with Crippen LogP contribution in [0.3, 0.4) is 0 Å². The summed E-state index contributed by atoms with van der Waals surface area (Å²) in [6.45, 7) is 1.80. The van der Waals surface area contributed by atoms with Crippen LogP contribution in [0.1, 0.15) is 6.92 Å². The summed E-state index contributed by atoms with van der Waals surface area (Å²) in [7, 11) is 1.56. The number of aromatic nitrogens is 2. The molecule has 110 valence electrons. The van der Waals surface area contributed by atoms with Crippen molar-refractivity contribution < 1.29 is 9.53 Å². The highest BCUT2D eigenvalue weighted by atomic mass is 32.2. The number of carbonyl (C=O) groups excluding carboxylic acids is 1. The lowest BCUT2D eigenvalue weighted by Gasteiger charge is -2.13. The second-order valence-electron chi connectivity index (χ2n) is 4.25. The number of amides is 1. The van der Waals surface area contributed by atoms with E-state index in [4.69, 9.17) is 10.5 Å². The van der Waals surface area contributed by atoms with Crippen molar-refractivity contribution in [1.82, 2.24) is 9.97 Å². The first kappa shape index (κ1) is 15.1. The minimum atomic E-state index is -0.316. The largest absolute Gasteiger partial charge is 0.497 e. The molecule has 1 heterocycles. The predicted octanol–water partition coefficient (Wildman–Crippen LogP) is 2.19. The highest BCUT2D eigenvalue weighted by Gasteiger charge is 2.16. The Morgan fingerprint density at radius 2 is 2.24 bits per heavy atom. The molecule has 0 saturated carbocycles. The maximum Gasteiger partial charge on any atom is 0.237 e. The summed E-state index contributed by atoms with van der Waals surface area (Å²) in [4.78, 5) is 20.2. The number of hydrogen-bond acceptors (Lipinski definition) is 6. The maximum atomic E-state index is 12.2. The molecule has 1 aromatic carbocycles. The summed E-state index contributed by atoms with van der Waals surface area (Å²) in [5, 5.41) is 3.17. The van der Waals surface area contributed by atoms with Crippen LogP contribution in [0.4, 0.5) is 11.4 Å². The number of thioether (sulfide) groups is 1. The number of nitrogens with one attached hydrogen (secondary N) is 1. The molecular formula is C14H16N4O2S. The Kier molecular flexibility index (Phi) is 4.99. The lowest BCUT2D eigenvalue weighted by molar-refractivity contribution is -0.115. The normalized spacial score (nSPS) is 11.7. The van der Waals surface area contributed by atoms with Crippen molar-refractivity contribution in [1.29, 1.82) is 0 Å². The van der Waals surface area contributed by atoms with E-state index in [1.54, 1.807) is 50.8 Å². The fourth-order valence-corrected chi connectivity index (χ4v) is 2.37. The zero-order chi connectivity index (χ0) is 15.2. The van der Waals surface area contributed by atoms with Crippen LogP contribution in [0, 0.1) is 0 Å². The van der Waals surface area contributed by atoms with E-state index in [1.165, 1.54) is 11.8 Å². The Morgan fingerprint density at radius 1 is 1.43 bits per heavy atom. The summed E-state index contributed by atoms with van der Waals surface area (Å²) in [5.41, 5.74) is 6.89. The fraction of sp³-hybridized carbons (Fsp3) is 0.214. The molecule has 21 heavy (non-hydrogen) atoms. The van der Waals surface area contributed by atoms with E-state index in [2.05, 4.69) is 15.3 Å². The van der Waals surface area contributed by atoms with Crippen molar-refractivity contribution in [3.63, 3.8) is 0 Å². The van der Waals surface area contributed by atoms with Gasteiger partial charge in [-0.25, -0.2) is 4.98 Å². The van der Waals surface area contributed by atoms with Gasteiger partial charge in [0, 0.05) is 18.5 Å². The number of nitrogens with two attached hydrogens (primary N) is 1. The van der Waals surface area contributed by atoms with Crippen LogP contribution >= 0.6 is 11.8 Å². The molecule has 0 aliphatic carbocycles. The van der Waals surface area contributed by atoms with E-state index in [-0.39, 0.29) is 11.2 Å². The second kappa shape index (κ2) is 6.94. The number of rotatable bonds is 5. The van der Waals surface area contributed by atoms with Crippen molar-refractivity contribution in [3.05, 3.63) is 36.8 Å². The van der Waals surface area contributed by atoms with Crippen molar-refractivity contribution in [3.8, 4) is 5.75 Å². The molecule has 1 amide bonds. The maximum absolute atomic E-state index is 12.2. The standard InChI is InChI=1S/C14H16N4O2S/c1-9(21-13-8-16-5-6-17-13)14(19)18-12-4-3-10(20-2)7-11(12)15/h3-9H,15H2,1-2H3,(H,18,19). The van der Waals surface area contributed by atoms with Gasteiger partial charge >= 0.3 is 0 Å². The molecule has 6 nitrogen and oxygen atoms in total. The zero-order valence-corrected chi connectivity index (χ0v) is 12.6. The molecule has 0 fully saturated rings. The van der Waals surface area contributed by atoms with Crippen LogP contribution in [0.15, 0.2) is 41.8 Å². The zero-order valence-electron chi connectivity index (χ0n) is 11.7. The molecule has 3 N–H and O–H groups in total. The number of anilines is 2. The topological polar surface area (TPSA) is 90.1 Å². The molecule has 7 heteroatoms. The summed E-state index contributed by atoms with van der Waals surface area (Å²) in [6, 6.07) is 5.12. The lowest BCUT2D eigenvalue weighted by Crippen LogP contribution is -2.23. The number of ether oxygens (including phenoxy) is 1. The molecule has 0 bridgehead atoms. The molecule has 1 unspecified atom stereocenters. The molecule has 2 rings (SSSR count). The van der Waals surface area contributed by atoms with Crippen LogP contribution in [-0.2, 0) is 4.79 Å². The first-order chi connectivity index (χ1) is 10.1. The van der Waals surface area contributed by atoms with Gasteiger partial charge in [0.2, 0.25) is 5.91 Å². The van der Waals surface area contributed by atoms with E-state index in [1.807, 2.05) is 0 Å². The third-order valence-electron chi connectivity index (χ3n) is 2.72. The van der Waals surface area contributed by atoms with Gasteiger partial charge in [-0.2, -0.15) is 0 Å². The summed E-state index contributed by atoms with van der Waals surface area (Å²) in [5.74, 6) is 0.495. The number of nitrogens with zero attached hydrogens (tertiary/aromatic N) is 2. The van der Waals surface area contributed by atoms with E-state index >= 15 is 0 Å². The van der Waals surface area contributed by atoms with E-state index < -0.39 is 0 Å². The van der Waals surface area contributed by atoms with E-state index in [0.29, 0.717) is 22.2 Å². The van der Waals surface area contributed by atoms with E-state index in [0.717, 1.165) is 0 Å². The van der Waals surface area contributed by atoms with Crippen molar-refractivity contribution in [2.24, 2.45) is 0 Å². The SMILES string of the molecule is COc1ccc(NC(=O)C(C)Sc2cnccn2)c(N)c1.